The van der Waals surface area contributed by atoms with E-state index in [1.165, 1.54) is 83.5 Å². The topological polar surface area (TPSA) is 46.2 Å². The van der Waals surface area contributed by atoms with Gasteiger partial charge in [-0.05, 0) is 19.3 Å². The van der Waals surface area contributed by atoms with Crippen LogP contribution in [0.15, 0.2) is 12.2 Å². The van der Waals surface area contributed by atoms with Gasteiger partial charge in [-0.1, -0.05) is 96.1 Å². The first-order chi connectivity index (χ1) is 12.2. The van der Waals surface area contributed by atoms with Crippen LogP contribution >= 0.6 is 0 Å². The summed E-state index contributed by atoms with van der Waals surface area (Å²) < 4.78 is 0. The summed E-state index contributed by atoms with van der Waals surface area (Å²) in [6, 6.07) is 0. The van der Waals surface area contributed by atoms with Crippen LogP contribution in [-0.4, -0.2) is 11.8 Å². The maximum absolute atomic E-state index is 11.4. The molecule has 2 amide bonds. The maximum Gasteiger partial charge on any atom is 0.230 e. The fraction of sp³-hybridized carbons (Fsp3) is 0.818. The first kappa shape index (κ1) is 21.9. The van der Waals surface area contributed by atoms with E-state index >= 15 is 0 Å². The molecular weight excluding hydrogens is 310 g/mol. The summed E-state index contributed by atoms with van der Waals surface area (Å²) in [6.45, 7) is 2.27. The standard InChI is InChI=1S/C22H39NO2/c1-2-3-4-5-6-7-8-9-10-11-12-13-14-15-16-17-18-20-19-21(24)23-22(20)25/h16-17,20H,2-15,18-19H2,1H3,(H,23,24,25). The predicted molar refractivity (Wildman–Crippen MR) is 105 cm³/mol. The number of allylic oxidation sites excluding steroid dienone is 2. The van der Waals surface area contributed by atoms with E-state index in [0.29, 0.717) is 12.8 Å². The highest BCUT2D eigenvalue weighted by Crippen LogP contribution is 2.16. The van der Waals surface area contributed by atoms with E-state index in [0.717, 1.165) is 6.42 Å². The normalized spacial score (nSPS) is 17.6. The molecule has 1 heterocycles. The lowest BCUT2D eigenvalue weighted by Crippen LogP contribution is -2.21. The smallest absolute Gasteiger partial charge is 0.230 e. The van der Waals surface area contributed by atoms with Gasteiger partial charge in [0.2, 0.25) is 11.8 Å². The molecular formula is C22H39NO2. The minimum absolute atomic E-state index is 0.101. The van der Waals surface area contributed by atoms with Crippen molar-refractivity contribution >= 4 is 11.8 Å². The van der Waals surface area contributed by atoms with Gasteiger partial charge >= 0.3 is 0 Å². The first-order valence-corrected chi connectivity index (χ1v) is 10.7. The van der Waals surface area contributed by atoms with E-state index < -0.39 is 0 Å². The highest BCUT2D eigenvalue weighted by Gasteiger charge is 2.28. The lowest BCUT2D eigenvalue weighted by molar-refractivity contribution is -0.125. The predicted octanol–water partition coefficient (Wildman–Crippen LogP) is 6.08. The molecule has 25 heavy (non-hydrogen) atoms. The summed E-state index contributed by atoms with van der Waals surface area (Å²) in [4.78, 5) is 22.5. The van der Waals surface area contributed by atoms with Crippen molar-refractivity contribution in [3.63, 3.8) is 0 Å². The second-order valence-electron chi connectivity index (χ2n) is 7.55. The van der Waals surface area contributed by atoms with E-state index in [-0.39, 0.29) is 17.7 Å². The SMILES string of the molecule is CCCCCCCCCCCCCCCC=CCC1CC(=O)NC1=O. The quantitative estimate of drug-likeness (QED) is 0.209. The molecule has 0 spiro atoms. The van der Waals surface area contributed by atoms with Gasteiger partial charge in [0.05, 0.1) is 5.92 Å². The van der Waals surface area contributed by atoms with Crippen LogP contribution in [0.1, 0.15) is 110 Å². The van der Waals surface area contributed by atoms with Gasteiger partial charge in [0.25, 0.3) is 0 Å². The van der Waals surface area contributed by atoms with Gasteiger partial charge in [0, 0.05) is 6.42 Å². The minimum Gasteiger partial charge on any atom is -0.296 e. The second kappa shape index (κ2) is 15.2. The summed E-state index contributed by atoms with van der Waals surface area (Å²) in [6.07, 6.45) is 24.4. The second-order valence-corrected chi connectivity index (χ2v) is 7.55. The molecule has 0 aliphatic carbocycles. The monoisotopic (exact) mass is 349 g/mol. The molecule has 1 aliphatic heterocycles. The van der Waals surface area contributed by atoms with E-state index in [2.05, 4.69) is 24.4 Å². The maximum atomic E-state index is 11.4. The van der Waals surface area contributed by atoms with Gasteiger partial charge in [-0.3, -0.25) is 14.9 Å². The number of rotatable bonds is 16. The van der Waals surface area contributed by atoms with E-state index in [1.807, 2.05) is 0 Å². The van der Waals surface area contributed by atoms with Crippen LogP contribution < -0.4 is 5.32 Å². The molecule has 1 fully saturated rings. The highest BCUT2D eigenvalue weighted by molar-refractivity contribution is 6.03. The number of hydrogen-bond donors (Lipinski definition) is 1. The number of amides is 2. The van der Waals surface area contributed by atoms with E-state index in [4.69, 9.17) is 0 Å². The van der Waals surface area contributed by atoms with Crippen LogP contribution in [0.4, 0.5) is 0 Å². The zero-order valence-electron chi connectivity index (χ0n) is 16.4. The van der Waals surface area contributed by atoms with Crippen molar-refractivity contribution in [2.45, 2.75) is 110 Å². The van der Waals surface area contributed by atoms with Crippen molar-refractivity contribution in [3.8, 4) is 0 Å². The first-order valence-electron chi connectivity index (χ1n) is 10.7. The number of hydrogen-bond acceptors (Lipinski definition) is 2. The van der Waals surface area contributed by atoms with Crippen molar-refractivity contribution in [3.05, 3.63) is 12.2 Å². The Hall–Kier alpha value is -1.12. The van der Waals surface area contributed by atoms with Crippen molar-refractivity contribution in [2.75, 3.05) is 0 Å². The molecule has 1 saturated heterocycles. The van der Waals surface area contributed by atoms with Crippen LogP contribution in [0.5, 0.6) is 0 Å². The molecule has 1 atom stereocenters. The summed E-state index contributed by atoms with van der Waals surface area (Å²) in [5, 5.41) is 2.36. The number of imide groups is 1. The molecule has 0 saturated carbocycles. The lowest BCUT2D eigenvalue weighted by atomic mass is 10.0. The molecule has 1 aliphatic rings. The largest absolute Gasteiger partial charge is 0.296 e. The van der Waals surface area contributed by atoms with Crippen molar-refractivity contribution in [1.82, 2.24) is 5.32 Å². The third kappa shape index (κ3) is 12.0. The number of unbranched alkanes of at least 4 members (excludes halogenated alkanes) is 13. The molecule has 144 valence electrons. The van der Waals surface area contributed by atoms with Gasteiger partial charge in [0.15, 0.2) is 0 Å². The molecule has 1 unspecified atom stereocenters. The van der Waals surface area contributed by atoms with Crippen molar-refractivity contribution in [2.24, 2.45) is 5.92 Å². The molecule has 1 rings (SSSR count). The molecule has 0 aromatic rings. The Morgan fingerprint density at radius 3 is 1.80 bits per heavy atom. The Kier molecular flexibility index (Phi) is 13.3. The third-order valence-electron chi connectivity index (χ3n) is 5.13. The highest BCUT2D eigenvalue weighted by atomic mass is 16.2. The number of carbonyl (C=O) groups is 2. The Balaban J connectivity index is 1.78. The van der Waals surface area contributed by atoms with E-state index in [1.54, 1.807) is 0 Å². The third-order valence-corrected chi connectivity index (χ3v) is 5.13. The van der Waals surface area contributed by atoms with Gasteiger partial charge in [-0.25, -0.2) is 0 Å². The minimum atomic E-state index is -0.129. The molecule has 0 aromatic carbocycles. The Morgan fingerprint density at radius 2 is 1.32 bits per heavy atom. The van der Waals surface area contributed by atoms with Crippen LogP contribution in [0.3, 0.4) is 0 Å². The summed E-state index contributed by atoms with van der Waals surface area (Å²) in [5.41, 5.74) is 0. The average Bonchev–Trinajstić information content (AvgIpc) is 2.92. The Bertz CT molecular complexity index is 389. The van der Waals surface area contributed by atoms with Crippen LogP contribution in [0.2, 0.25) is 0 Å². The fourth-order valence-electron chi connectivity index (χ4n) is 3.46. The van der Waals surface area contributed by atoms with Gasteiger partial charge < -0.3 is 0 Å². The van der Waals surface area contributed by atoms with Gasteiger partial charge in [-0.15, -0.1) is 0 Å². The molecule has 3 nitrogen and oxygen atoms in total. The zero-order chi connectivity index (χ0) is 18.2. The summed E-state index contributed by atoms with van der Waals surface area (Å²) in [7, 11) is 0. The number of nitrogens with one attached hydrogen (secondary N) is 1. The fourth-order valence-corrected chi connectivity index (χ4v) is 3.46. The van der Waals surface area contributed by atoms with Crippen LogP contribution in [-0.2, 0) is 9.59 Å². The molecule has 0 radical (unpaired) electrons. The van der Waals surface area contributed by atoms with Gasteiger partial charge in [0.1, 0.15) is 0 Å². The number of carbonyl (C=O) groups excluding carboxylic acids is 2. The summed E-state index contributed by atoms with van der Waals surface area (Å²) >= 11 is 0. The average molecular weight is 350 g/mol. The molecule has 1 N–H and O–H groups in total. The zero-order valence-corrected chi connectivity index (χ0v) is 16.4. The van der Waals surface area contributed by atoms with Crippen molar-refractivity contribution in [1.29, 1.82) is 0 Å². The molecule has 3 heteroatoms. The van der Waals surface area contributed by atoms with Crippen LogP contribution in [0.25, 0.3) is 0 Å². The van der Waals surface area contributed by atoms with E-state index in [9.17, 15) is 9.59 Å². The molecule has 0 bridgehead atoms. The Labute approximate surface area is 155 Å². The van der Waals surface area contributed by atoms with Crippen LogP contribution in [0, 0.1) is 5.92 Å². The van der Waals surface area contributed by atoms with Crippen molar-refractivity contribution < 1.29 is 9.59 Å². The molecule has 0 aromatic heterocycles. The lowest BCUT2D eigenvalue weighted by Gasteiger charge is -2.02. The summed E-state index contributed by atoms with van der Waals surface area (Å²) in [5.74, 6) is -0.356. The Morgan fingerprint density at radius 1 is 0.800 bits per heavy atom. The van der Waals surface area contributed by atoms with Gasteiger partial charge in [-0.2, -0.15) is 0 Å².